The molecule has 1 N–H and O–H groups in total. The van der Waals surface area contributed by atoms with E-state index < -0.39 is 11.7 Å². The first-order valence-corrected chi connectivity index (χ1v) is 6.94. The topological polar surface area (TPSA) is 72.7 Å². The summed E-state index contributed by atoms with van der Waals surface area (Å²) in [5, 5.41) is 6.79. The fourth-order valence-electron chi connectivity index (χ4n) is 2.15. The molecule has 0 saturated carbocycles. The summed E-state index contributed by atoms with van der Waals surface area (Å²) in [4.78, 5) is 19.8. The minimum atomic E-state index is -0.646. The Balaban J connectivity index is 1.71. The third-order valence-electron chi connectivity index (χ3n) is 3.30. The summed E-state index contributed by atoms with van der Waals surface area (Å²) >= 11 is 0. The highest BCUT2D eigenvalue weighted by atomic mass is 19.1. The van der Waals surface area contributed by atoms with Crippen LogP contribution in [0.5, 0.6) is 0 Å². The molecule has 7 heteroatoms. The molecular weight excluding hydrogens is 297 g/mol. The van der Waals surface area contributed by atoms with E-state index in [0.717, 1.165) is 22.9 Å². The first kappa shape index (κ1) is 14.8. The minimum Gasteiger partial charge on any atom is -0.348 e. The molecule has 0 aliphatic carbocycles. The monoisotopic (exact) mass is 311 g/mol. The average Bonchev–Trinajstić information content (AvgIpc) is 3.00. The number of halogens is 1. The zero-order chi connectivity index (χ0) is 16.2. The molecule has 3 heterocycles. The third kappa shape index (κ3) is 3.39. The van der Waals surface area contributed by atoms with Crippen LogP contribution in [-0.4, -0.2) is 25.7 Å². The van der Waals surface area contributed by atoms with Gasteiger partial charge in [-0.15, -0.1) is 0 Å². The van der Waals surface area contributed by atoms with Crippen LogP contribution < -0.4 is 5.32 Å². The van der Waals surface area contributed by atoms with Crippen molar-refractivity contribution in [3.05, 3.63) is 66.3 Å². The second kappa shape index (κ2) is 6.35. The standard InChI is InChI=1S/C16H14FN5O/c1-22-10-13(8-21-22)12-4-11(5-19-7-12)6-20-16(23)14-2-3-18-9-15(14)17/h2-5,7-10H,6H2,1H3,(H,20,23). The number of hydrogen-bond acceptors (Lipinski definition) is 4. The van der Waals surface area contributed by atoms with Gasteiger partial charge in [0.15, 0.2) is 5.82 Å². The zero-order valence-corrected chi connectivity index (χ0v) is 12.4. The van der Waals surface area contributed by atoms with E-state index in [1.807, 2.05) is 19.3 Å². The predicted octanol–water partition coefficient (Wildman–Crippen LogP) is 1.95. The first-order chi connectivity index (χ1) is 11.1. The van der Waals surface area contributed by atoms with Crippen LogP contribution in [0.2, 0.25) is 0 Å². The summed E-state index contributed by atoms with van der Waals surface area (Å²) in [6, 6.07) is 3.25. The molecule has 0 spiro atoms. The van der Waals surface area contributed by atoms with Gasteiger partial charge in [0.05, 0.1) is 18.0 Å². The largest absolute Gasteiger partial charge is 0.348 e. The second-order valence-corrected chi connectivity index (χ2v) is 5.02. The number of amides is 1. The summed E-state index contributed by atoms with van der Waals surface area (Å²) in [5.74, 6) is -1.14. The fourth-order valence-corrected chi connectivity index (χ4v) is 2.15. The van der Waals surface area contributed by atoms with Crippen molar-refractivity contribution in [3.63, 3.8) is 0 Å². The van der Waals surface area contributed by atoms with Crippen molar-refractivity contribution in [1.29, 1.82) is 0 Å². The van der Waals surface area contributed by atoms with Crippen LogP contribution in [0, 0.1) is 5.82 Å². The number of carbonyl (C=O) groups excluding carboxylic acids is 1. The molecule has 3 aromatic heterocycles. The van der Waals surface area contributed by atoms with Gasteiger partial charge in [0.1, 0.15) is 0 Å². The van der Waals surface area contributed by atoms with Crippen molar-refractivity contribution in [2.24, 2.45) is 7.05 Å². The molecular formula is C16H14FN5O. The SMILES string of the molecule is Cn1cc(-c2cncc(CNC(=O)c3ccncc3F)c2)cn1. The number of carbonyl (C=O) groups is 1. The molecule has 0 radical (unpaired) electrons. The van der Waals surface area contributed by atoms with Gasteiger partial charge in [0.2, 0.25) is 0 Å². The molecule has 3 rings (SSSR count). The van der Waals surface area contributed by atoms with E-state index in [0.29, 0.717) is 0 Å². The highest BCUT2D eigenvalue weighted by Gasteiger charge is 2.11. The van der Waals surface area contributed by atoms with Gasteiger partial charge in [0, 0.05) is 49.5 Å². The Labute approximate surface area is 132 Å². The van der Waals surface area contributed by atoms with Gasteiger partial charge in [-0.05, 0) is 17.7 Å². The van der Waals surface area contributed by atoms with Crippen LogP contribution in [0.1, 0.15) is 15.9 Å². The van der Waals surface area contributed by atoms with Gasteiger partial charge < -0.3 is 5.32 Å². The lowest BCUT2D eigenvalue weighted by atomic mass is 10.1. The van der Waals surface area contributed by atoms with Crippen molar-refractivity contribution in [2.75, 3.05) is 0 Å². The average molecular weight is 311 g/mol. The Bertz CT molecular complexity index is 846. The molecule has 1 amide bonds. The number of aromatic nitrogens is 4. The lowest BCUT2D eigenvalue weighted by Crippen LogP contribution is -2.24. The summed E-state index contributed by atoms with van der Waals surface area (Å²) in [6.07, 6.45) is 9.40. The maximum atomic E-state index is 13.5. The number of nitrogens with zero attached hydrogens (tertiary/aromatic N) is 4. The maximum absolute atomic E-state index is 13.5. The van der Waals surface area contributed by atoms with Crippen LogP contribution in [0.3, 0.4) is 0 Å². The Morgan fingerprint density at radius 1 is 1.22 bits per heavy atom. The van der Waals surface area contributed by atoms with Gasteiger partial charge in [0.25, 0.3) is 5.91 Å². The van der Waals surface area contributed by atoms with Crippen LogP contribution in [0.4, 0.5) is 4.39 Å². The van der Waals surface area contributed by atoms with Gasteiger partial charge in [-0.3, -0.25) is 19.4 Å². The highest BCUT2D eigenvalue weighted by Crippen LogP contribution is 2.18. The molecule has 3 aromatic rings. The number of aryl methyl sites for hydroxylation is 1. The smallest absolute Gasteiger partial charge is 0.254 e. The van der Waals surface area contributed by atoms with Crippen molar-refractivity contribution in [2.45, 2.75) is 6.54 Å². The molecule has 116 valence electrons. The molecule has 0 bridgehead atoms. The van der Waals surface area contributed by atoms with Crippen molar-refractivity contribution in [3.8, 4) is 11.1 Å². The zero-order valence-electron chi connectivity index (χ0n) is 12.4. The summed E-state index contributed by atoms with van der Waals surface area (Å²) in [7, 11) is 1.84. The normalized spacial score (nSPS) is 10.5. The van der Waals surface area contributed by atoms with Gasteiger partial charge in [-0.25, -0.2) is 4.39 Å². The Hall–Kier alpha value is -3.09. The van der Waals surface area contributed by atoms with Gasteiger partial charge in [-0.2, -0.15) is 5.10 Å². The van der Waals surface area contributed by atoms with E-state index in [1.54, 1.807) is 23.3 Å². The molecule has 0 fully saturated rings. The summed E-state index contributed by atoms with van der Waals surface area (Å²) in [6.45, 7) is 0.252. The van der Waals surface area contributed by atoms with Crippen LogP contribution in [0.25, 0.3) is 11.1 Å². The van der Waals surface area contributed by atoms with E-state index in [1.165, 1.54) is 12.3 Å². The number of pyridine rings is 2. The minimum absolute atomic E-state index is 0.0311. The van der Waals surface area contributed by atoms with Gasteiger partial charge in [-0.1, -0.05) is 0 Å². The Morgan fingerprint density at radius 3 is 2.83 bits per heavy atom. The predicted molar refractivity (Wildman–Crippen MR) is 81.8 cm³/mol. The Kier molecular flexibility index (Phi) is 4.09. The van der Waals surface area contributed by atoms with Crippen molar-refractivity contribution >= 4 is 5.91 Å². The van der Waals surface area contributed by atoms with E-state index >= 15 is 0 Å². The molecule has 0 aromatic carbocycles. The molecule has 0 aliphatic heterocycles. The molecule has 0 atom stereocenters. The molecule has 0 aliphatic rings. The lowest BCUT2D eigenvalue weighted by Gasteiger charge is -2.07. The summed E-state index contributed by atoms with van der Waals surface area (Å²) in [5.41, 5.74) is 2.62. The van der Waals surface area contributed by atoms with Crippen LogP contribution in [-0.2, 0) is 13.6 Å². The second-order valence-electron chi connectivity index (χ2n) is 5.02. The molecule has 23 heavy (non-hydrogen) atoms. The quantitative estimate of drug-likeness (QED) is 0.799. The third-order valence-corrected chi connectivity index (χ3v) is 3.30. The van der Waals surface area contributed by atoms with E-state index in [9.17, 15) is 9.18 Å². The van der Waals surface area contributed by atoms with Crippen molar-refractivity contribution in [1.82, 2.24) is 25.1 Å². The van der Waals surface area contributed by atoms with Gasteiger partial charge >= 0.3 is 0 Å². The van der Waals surface area contributed by atoms with E-state index in [-0.39, 0.29) is 12.1 Å². The van der Waals surface area contributed by atoms with E-state index in [4.69, 9.17) is 0 Å². The number of rotatable bonds is 4. The lowest BCUT2D eigenvalue weighted by molar-refractivity contribution is 0.0946. The number of hydrogen-bond donors (Lipinski definition) is 1. The molecule has 0 saturated heterocycles. The highest BCUT2D eigenvalue weighted by molar-refractivity contribution is 5.94. The molecule has 0 unspecified atom stereocenters. The van der Waals surface area contributed by atoms with E-state index in [2.05, 4.69) is 20.4 Å². The first-order valence-electron chi connectivity index (χ1n) is 6.94. The fraction of sp³-hybridized carbons (Fsp3) is 0.125. The number of nitrogens with one attached hydrogen (secondary N) is 1. The van der Waals surface area contributed by atoms with Crippen LogP contribution in [0.15, 0.2) is 49.3 Å². The Morgan fingerprint density at radius 2 is 2.09 bits per heavy atom. The maximum Gasteiger partial charge on any atom is 0.254 e. The van der Waals surface area contributed by atoms with Crippen LogP contribution >= 0.6 is 0 Å². The summed E-state index contributed by atoms with van der Waals surface area (Å²) < 4.78 is 15.2. The van der Waals surface area contributed by atoms with Crippen molar-refractivity contribution < 1.29 is 9.18 Å². The molecule has 6 nitrogen and oxygen atoms in total.